The molecule has 0 aromatic heterocycles. The quantitative estimate of drug-likeness (QED) is 0.0561. The molecule has 3 N–H and O–H groups in total. The summed E-state index contributed by atoms with van der Waals surface area (Å²) in [5, 5.41) is 29.8. The lowest BCUT2D eigenvalue weighted by Crippen LogP contribution is -2.27. The highest BCUT2D eigenvalue weighted by Gasteiger charge is 2.41. The number of carboxylic acids is 3. The Labute approximate surface area is 323 Å². The lowest BCUT2D eigenvalue weighted by molar-refractivity contribution is -0.150. The first-order valence-electron chi connectivity index (χ1n) is 21.0. The summed E-state index contributed by atoms with van der Waals surface area (Å²) in [5.74, 6) is -1.75. The summed E-state index contributed by atoms with van der Waals surface area (Å²) in [4.78, 5) is 33.3. The van der Waals surface area contributed by atoms with Gasteiger partial charge in [-0.25, -0.2) is 0 Å². The van der Waals surface area contributed by atoms with Gasteiger partial charge >= 0.3 is 17.9 Å². The fourth-order valence-electron chi connectivity index (χ4n) is 8.36. The highest BCUT2D eigenvalue weighted by molar-refractivity contribution is 9.09. The molecule has 0 bridgehead atoms. The second-order valence-electron chi connectivity index (χ2n) is 15.9. The number of hydrogen-bond acceptors (Lipinski definition) is 3. The van der Waals surface area contributed by atoms with Crippen molar-refractivity contribution in [1.29, 1.82) is 0 Å². The smallest absolute Gasteiger partial charge is 0.309 e. The number of halogens is 2. The Morgan fingerprint density at radius 1 is 0.420 bits per heavy atom. The molecule has 3 rings (SSSR count). The van der Waals surface area contributed by atoms with E-state index in [1.54, 1.807) is 0 Å². The van der Waals surface area contributed by atoms with Gasteiger partial charge in [-0.2, -0.15) is 0 Å². The average Bonchev–Trinajstić information content (AvgIpc) is 3.91. The molecule has 0 radical (unpaired) electrons. The first kappa shape index (κ1) is 47.4. The molecule has 3 aliphatic rings. The fourth-order valence-corrected chi connectivity index (χ4v) is 9.16. The molecule has 0 amide bonds. The zero-order valence-corrected chi connectivity index (χ0v) is 35.0. The first-order chi connectivity index (χ1) is 24.2. The number of carbonyl (C=O) groups is 3. The van der Waals surface area contributed by atoms with Crippen LogP contribution in [-0.2, 0) is 14.4 Å². The Bertz CT molecular complexity index is 791. The van der Waals surface area contributed by atoms with Crippen LogP contribution in [0.2, 0.25) is 0 Å². The van der Waals surface area contributed by atoms with Gasteiger partial charge in [0, 0.05) is 10.7 Å². The monoisotopic (exact) mass is 834 g/mol. The minimum atomic E-state index is -0.609. The topological polar surface area (TPSA) is 112 Å². The van der Waals surface area contributed by atoms with Crippen LogP contribution in [0.25, 0.3) is 0 Å². The van der Waals surface area contributed by atoms with Gasteiger partial charge in [0.25, 0.3) is 0 Å². The lowest BCUT2D eigenvalue weighted by Gasteiger charge is -2.23. The van der Waals surface area contributed by atoms with Gasteiger partial charge in [0.15, 0.2) is 0 Å². The van der Waals surface area contributed by atoms with Gasteiger partial charge in [-0.1, -0.05) is 186 Å². The third-order valence-electron chi connectivity index (χ3n) is 11.8. The van der Waals surface area contributed by atoms with Crippen molar-refractivity contribution in [1.82, 2.24) is 0 Å². The van der Waals surface area contributed by atoms with Crippen LogP contribution in [0.3, 0.4) is 0 Å². The Morgan fingerprint density at radius 2 is 0.680 bits per heavy atom. The predicted molar refractivity (Wildman–Crippen MR) is 216 cm³/mol. The number of rotatable bonds is 27. The number of unbranched alkanes of at least 4 members (excludes halogenated alkanes) is 18. The van der Waals surface area contributed by atoms with Gasteiger partial charge in [-0.3, -0.25) is 14.4 Å². The summed E-state index contributed by atoms with van der Waals surface area (Å²) in [6.45, 7) is 0. The van der Waals surface area contributed by atoms with Crippen molar-refractivity contribution in [2.75, 3.05) is 10.7 Å². The molecule has 0 unspecified atom stereocenters. The van der Waals surface area contributed by atoms with Crippen molar-refractivity contribution in [3.8, 4) is 0 Å². The highest BCUT2D eigenvalue weighted by Crippen LogP contribution is 2.43. The summed E-state index contributed by atoms with van der Waals surface area (Å²) >= 11 is 6.93. The summed E-state index contributed by atoms with van der Waals surface area (Å²) < 4.78 is 0. The third kappa shape index (κ3) is 21.8. The van der Waals surface area contributed by atoms with E-state index in [0.29, 0.717) is 0 Å². The lowest BCUT2D eigenvalue weighted by atomic mass is 9.81. The number of aliphatic carboxylic acids is 3. The summed E-state index contributed by atoms with van der Waals surface area (Å²) in [6.07, 6.45) is 39.9. The Balaban J connectivity index is 0.000000467. The normalized spacial score (nSPS) is 17.9. The van der Waals surface area contributed by atoms with Gasteiger partial charge in [0.1, 0.15) is 0 Å². The first-order valence-corrected chi connectivity index (χ1v) is 23.3. The Kier molecular flexibility index (Phi) is 29.2. The summed E-state index contributed by atoms with van der Waals surface area (Å²) in [5.41, 5.74) is -0.782. The predicted octanol–water partition coefficient (Wildman–Crippen LogP) is 13.9. The molecule has 0 aromatic carbocycles. The van der Waals surface area contributed by atoms with E-state index in [2.05, 4.69) is 31.9 Å². The average molecular weight is 837 g/mol. The highest BCUT2D eigenvalue weighted by atomic mass is 79.9. The molecule has 3 aliphatic carbocycles. The second kappa shape index (κ2) is 30.8. The number of hydrogen-bond donors (Lipinski definition) is 3. The largest absolute Gasteiger partial charge is 0.481 e. The van der Waals surface area contributed by atoms with Crippen LogP contribution in [0.15, 0.2) is 0 Å². The van der Waals surface area contributed by atoms with Crippen LogP contribution < -0.4 is 0 Å². The van der Waals surface area contributed by atoms with E-state index in [0.717, 1.165) is 103 Å². The van der Waals surface area contributed by atoms with Gasteiger partial charge in [-0.15, -0.1) is 0 Å². The van der Waals surface area contributed by atoms with E-state index in [4.69, 9.17) is 5.11 Å². The van der Waals surface area contributed by atoms with Gasteiger partial charge in [0.05, 0.1) is 16.7 Å². The minimum Gasteiger partial charge on any atom is -0.481 e. The van der Waals surface area contributed by atoms with Crippen molar-refractivity contribution in [3.05, 3.63) is 0 Å². The molecule has 0 heterocycles. The van der Waals surface area contributed by atoms with Crippen LogP contribution >= 0.6 is 31.9 Å². The van der Waals surface area contributed by atoms with Crippen molar-refractivity contribution >= 4 is 49.8 Å². The zero-order chi connectivity index (χ0) is 36.8. The summed E-state index contributed by atoms with van der Waals surface area (Å²) in [6, 6.07) is 0. The maximum absolute atomic E-state index is 11.5. The molecule has 6 nitrogen and oxygen atoms in total. The van der Waals surface area contributed by atoms with E-state index in [1.807, 2.05) is 0 Å². The molecular formula is C42H76Br2O6. The third-order valence-corrected chi connectivity index (χ3v) is 12.9. The van der Waals surface area contributed by atoms with Crippen molar-refractivity contribution in [3.63, 3.8) is 0 Å². The van der Waals surface area contributed by atoms with Crippen LogP contribution in [0, 0.1) is 16.7 Å². The molecule has 294 valence electrons. The number of alkyl halides is 2. The molecule has 0 atom stereocenters. The molecule has 0 aliphatic heterocycles. The molecule has 0 saturated heterocycles. The molecule has 3 saturated carbocycles. The number of carboxylic acid groups (broad SMARTS) is 3. The fraction of sp³-hybridized carbons (Fsp3) is 0.929. The Morgan fingerprint density at radius 3 is 0.900 bits per heavy atom. The van der Waals surface area contributed by atoms with Crippen molar-refractivity contribution in [2.45, 2.75) is 218 Å². The van der Waals surface area contributed by atoms with E-state index in [9.17, 15) is 24.6 Å². The van der Waals surface area contributed by atoms with Crippen LogP contribution in [0.1, 0.15) is 218 Å². The van der Waals surface area contributed by atoms with Gasteiger partial charge < -0.3 is 15.3 Å². The molecule has 0 spiro atoms. The minimum absolute atomic E-state index is 0.0185. The molecule has 0 aromatic rings. The standard InChI is InChI=1S/C24H42O4.C12H24Br2.C6H10O2/c25-21(26)23(17-11-12-18-23)15-9-7-5-3-1-2-4-6-8-10-16-24(22(27)28)19-13-14-20-24;13-11-9-7-5-3-1-2-4-6-8-10-12-14;7-6(8)5-3-1-2-4-5/h1-20H2,(H,25,26)(H,27,28);1-12H2;5H,1-4H2,(H,7,8). The van der Waals surface area contributed by atoms with E-state index in [-0.39, 0.29) is 5.92 Å². The van der Waals surface area contributed by atoms with E-state index < -0.39 is 28.7 Å². The Hall–Kier alpha value is -0.630. The van der Waals surface area contributed by atoms with Crippen molar-refractivity contribution < 1.29 is 29.7 Å². The molecule has 8 heteroatoms. The molecule has 50 heavy (non-hydrogen) atoms. The van der Waals surface area contributed by atoms with Crippen LogP contribution in [-0.4, -0.2) is 43.9 Å². The van der Waals surface area contributed by atoms with Gasteiger partial charge in [-0.05, 0) is 64.2 Å². The maximum atomic E-state index is 11.5. The van der Waals surface area contributed by atoms with Crippen LogP contribution in [0.5, 0.6) is 0 Å². The zero-order valence-electron chi connectivity index (χ0n) is 31.9. The molecule has 3 fully saturated rings. The van der Waals surface area contributed by atoms with Crippen LogP contribution in [0.4, 0.5) is 0 Å². The van der Waals surface area contributed by atoms with E-state index in [1.165, 1.54) is 126 Å². The second-order valence-corrected chi connectivity index (χ2v) is 17.4. The molecular weight excluding hydrogens is 760 g/mol. The maximum Gasteiger partial charge on any atom is 0.309 e. The van der Waals surface area contributed by atoms with E-state index >= 15 is 0 Å². The van der Waals surface area contributed by atoms with Gasteiger partial charge in [0.2, 0.25) is 0 Å². The SMILES string of the molecule is BrCCCCCCCCCCCCBr.O=C(O)C1(CCCCCCCCCCCCC2(C(=O)O)CCCC2)CCCC1.O=C(O)C1CCCC1. The van der Waals surface area contributed by atoms with Crippen molar-refractivity contribution in [2.24, 2.45) is 16.7 Å². The summed E-state index contributed by atoms with van der Waals surface area (Å²) in [7, 11) is 0.